The number of benzene rings is 1. The van der Waals surface area contributed by atoms with Crippen LogP contribution in [0.2, 0.25) is 0 Å². The third kappa shape index (κ3) is 1.68. The zero-order valence-electron chi connectivity index (χ0n) is 11.4. The van der Waals surface area contributed by atoms with Crippen molar-refractivity contribution in [2.75, 3.05) is 10.6 Å². The van der Waals surface area contributed by atoms with E-state index in [1.54, 1.807) is 0 Å². The molecule has 3 N–H and O–H groups in total. The summed E-state index contributed by atoms with van der Waals surface area (Å²) in [6.07, 6.45) is 7.66. The highest BCUT2D eigenvalue weighted by Crippen LogP contribution is 2.42. The summed E-state index contributed by atoms with van der Waals surface area (Å²) in [5.74, 6) is 0. The smallest absolute Gasteiger partial charge is 0.0579 e. The Hall–Kier alpha value is -1.81. The van der Waals surface area contributed by atoms with Crippen LogP contribution in [-0.4, -0.2) is 28.3 Å². The minimum absolute atomic E-state index is 0.134. The third-order valence-corrected chi connectivity index (χ3v) is 4.82. The van der Waals surface area contributed by atoms with Gasteiger partial charge in [-0.2, -0.15) is 0 Å². The number of rotatable bonds is 1. The summed E-state index contributed by atoms with van der Waals surface area (Å²) in [6, 6.07) is 7.07. The van der Waals surface area contributed by atoms with Crippen LogP contribution in [0, 0.1) is 0 Å². The molecule has 4 nitrogen and oxygen atoms in total. The maximum Gasteiger partial charge on any atom is 0.0579 e. The Morgan fingerprint density at radius 3 is 2.60 bits per heavy atom. The van der Waals surface area contributed by atoms with Crippen LogP contribution in [0.25, 0.3) is 10.8 Å². The molecular weight excluding hydrogens is 250 g/mol. The first-order valence-corrected chi connectivity index (χ1v) is 7.32. The van der Waals surface area contributed by atoms with Gasteiger partial charge in [-0.05, 0) is 43.9 Å². The van der Waals surface area contributed by atoms with Gasteiger partial charge in [-0.1, -0.05) is 0 Å². The Morgan fingerprint density at radius 1 is 1.10 bits per heavy atom. The molecule has 4 rings (SSSR count). The van der Waals surface area contributed by atoms with Crippen molar-refractivity contribution >= 4 is 22.1 Å². The maximum atomic E-state index is 9.96. The predicted octanol–water partition coefficient (Wildman–Crippen LogP) is 2.31. The first kappa shape index (κ1) is 12.0. The average Bonchev–Trinajstić information content (AvgIpc) is 2.72. The normalized spacial score (nSPS) is 29.1. The minimum Gasteiger partial charge on any atom is -0.398 e. The van der Waals surface area contributed by atoms with Gasteiger partial charge < -0.3 is 15.7 Å². The number of aliphatic hydroxyl groups is 1. The van der Waals surface area contributed by atoms with Crippen LogP contribution in [0.3, 0.4) is 0 Å². The Kier molecular flexibility index (Phi) is 2.60. The fraction of sp³-hybridized carbons (Fsp3) is 0.438. The van der Waals surface area contributed by atoms with Gasteiger partial charge in [0.05, 0.1) is 6.10 Å². The van der Waals surface area contributed by atoms with Gasteiger partial charge in [-0.25, -0.2) is 0 Å². The van der Waals surface area contributed by atoms with Crippen LogP contribution in [0.5, 0.6) is 0 Å². The van der Waals surface area contributed by atoms with Gasteiger partial charge in [0.25, 0.3) is 0 Å². The van der Waals surface area contributed by atoms with E-state index in [9.17, 15) is 5.11 Å². The van der Waals surface area contributed by atoms with Crippen LogP contribution >= 0.6 is 0 Å². The quantitative estimate of drug-likeness (QED) is 0.780. The first-order chi connectivity index (χ1) is 9.74. The SMILES string of the molecule is Nc1ccc(N2C3CCC2CC(O)C3)c2ccncc12. The van der Waals surface area contributed by atoms with Crippen molar-refractivity contribution in [3.05, 3.63) is 30.6 Å². The molecule has 104 valence electrons. The predicted molar refractivity (Wildman–Crippen MR) is 80.7 cm³/mol. The Morgan fingerprint density at radius 2 is 1.85 bits per heavy atom. The zero-order valence-corrected chi connectivity index (χ0v) is 11.4. The summed E-state index contributed by atoms with van der Waals surface area (Å²) < 4.78 is 0. The van der Waals surface area contributed by atoms with Crippen LogP contribution < -0.4 is 10.6 Å². The molecule has 2 aromatic rings. The fourth-order valence-electron chi connectivity index (χ4n) is 3.96. The number of aromatic nitrogens is 1. The average molecular weight is 269 g/mol. The second kappa shape index (κ2) is 4.35. The molecule has 2 aliphatic rings. The monoisotopic (exact) mass is 269 g/mol. The molecule has 1 aromatic carbocycles. The largest absolute Gasteiger partial charge is 0.398 e. The molecule has 2 saturated heterocycles. The fourth-order valence-corrected chi connectivity index (χ4v) is 3.96. The molecule has 0 saturated carbocycles. The molecule has 2 fully saturated rings. The summed E-state index contributed by atoms with van der Waals surface area (Å²) >= 11 is 0. The number of hydrogen-bond acceptors (Lipinski definition) is 4. The van der Waals surface area contributed by atoms with Crippen molar-refractivity contribution in [2.24, 2.45) is 0 Å². The molecule has 0 radical (unpaired) electrons. The Bertz CT molecular complexity index is 643. The van der Waals surface area contributed by atoms with Crippen molar-refractivity contribution in [3.63, 3.8) is 0 Å². The molecule has 2 aliphatic heterocycles. The van der Waals surface area contributed by atoms with Crippen molar-refractivity contribution in [1.82, 2.24) is 4.98 Å². The Balaban J connectivity index is 1.85. The highest BCUT2D eigenvalue weighted by molar-refractivity contribution is 6.01. The number of anilines is 2. The zero-order chi connectivity index (χ0) is 13.7. The highest BCUT2D eigenvalue weighted by Gasteiger charge is 2.40. The molecule has 2 unspecified atom stereocenters. The first-order valence-electron chi connectivity index (χ1n) is 7.32. The van der Waals surface area contributed by atoms with Crippen LogP contribution in [0.15, 0.2) is 30.6 Å². The van der Waals surface area contributed by atoms with Crippen LogP contribution in [0.4, 0.5) is 11.4 Å². The highest BCUT2D eigenvalue weighted by atomic mass is 16.3. The number of pyridine rings is 1. The van der Waals surface area contributed by atoms with Gasteiger partial charge in [-0.15, -0.1) is 0 Å². The number of fused-ring (bicyclic) bond motifs is 3. The van der Waals surface area contributed by atoms with Crippen molar-refractivity contribution in [2.45, 2.75) is 43.9 Å². The van der Waals surface area contributed by atoms with E-state index >= 15 is 0 Å². The van der Waals surface area contributed by atoms with Crippen LogP contribution in [0.1, 0.15) is 25.7 Å². The summed E-state index contributed by atoms with van der Waals surface area (Å²) in [6.45, 7) is 0. The maximum absolute atomic E-state index is 9.96. The van der Waals surface area contributed by atoms with Crippen molar-refractivity contribution in [1.29, 1.82) is 0 Å². The molecule has 0 spiro atoms. The number of nitrogens with zero attached hydrogens (tertiary/aromatic N) is 2. The Labute approximate surface area is 118 Å². The molecule has 4 heteroatoms. The number of nitrogen functional groups attached to an aromatic ring is 1. The van der Waals surface area contributed by atoms with E-state index < -0.39 is 0 Å². The third-order valence-electron chi connectivity index (χ3n) is 4.82. The van der Waals surface area contributed by atoms with E-state index in [1.807, 2.05) is 24.5 Å². The lowest BCUT2D eigenvalue weighted by atomic mass is 9.97. The van der Waals surface area contributed by atoms with E-state index in [4.69, 9.17) is 5.73 Å². The van der Waals surface area contributed by atoms with Gasteiger partial charge >= 0.3 is 0 Å². The molecule has 0 amide bonds. The van der Waals surface area contributed by atoms with E-state index in [2.05, 4.69) is 16.0 Å². The molecule has 2 bridgehead atoms. The number of aliphatic hydroxyl groups excluding tert-OH is 1. The molecule has 2 atom stereocenters. The van der Waals surface area contributed by atoms with Gasteiger partial charge in [0.1, 0.15) is 0 Å². The summed E-state index contributed by atoms with van der Waals surface area (Å²) in [5, 5.41) is 12.2. The molecule has 0 aliphatic carbocycles. The van der Waals surface area contributed by atoms with Gasteiger partial charge in [0.15, 0.2) is 0 Å². The van der Waals surface area contributed by atoms with E-state index in [0.29, 0.717) is 12.1 Å². The van der Waals surface area contributed by atoms with Crippen molar-refractivity contribution in [3.8, 4) is 0 Å². The second-order valence-electron chi connectivity index (χ2n) is 6.01. The molecule has 3 heterocycles. The molecule has 1 aromatic heterocycles. The lowest BCUT2D eigenvalue weighted by molar-refractivity contribution is 0.126. The van der Waals surface area contributed by atoms with Gasteiger partial charge in [0, 0.05) is 46.6 Å². The number of piperidine rings is 1. The molecule has 20 heavy (non-hydrogen) atoms. The van der Waals surface area contributed by atoms with Gasteiger partial charge in [-0.3, -0.25) is 4.98 Å². The lowest BCUT2D eigenvalue weighted by Crippen LogP contribution is -2.44. The topological polar surface area (TPSA) is 62.4 Å². The van der Waals surface area contributed by atoms with E-state index in [0.717, 1.165) is 23.9 Å². The molecular formula is C16H19N3O. The minimum atomic E-state index is -0.134. The number of hydrogen-bond donors (Lipinski definition) is 2. The number of nitrogens with two attached hydrogens (primary N) is 1. The summed E-state index contributed by atoms with van der Waals surface area (Å²) in [4.78, 5) is 6.70. The summed E-state index contributed by atoms with van der Waals surface area (Å²) in [5.41, 5.74) is 8.09. The van der Waals surface area contributed by atoms with Gasteiger partial charge in [0.2, 0.25) is 0 Å². The van der Waals surface area contributed by atoms with Crippen molar-refractivity contribution < 1.29 is 5.11 Å². The van der Waals surface area contributed by atoms with E-state index in [-0.39, 0.29) is 6.10 Å². The second-order valence-corrected chi connectivity index (χ2v) is 6.01. The lowest BCUT2D eigenvalue weighted by Gasteiger charge is -2.39. The van der Waals surface area contributed by atoms with Crippen LogP contribution in [-0.2, 0) is 0 Å². The summed E-state index contributed by atoms with van der Waals surface area (Å²) in [7, 11) is 0. The standard InChI is InChI=1S/C16H19N3O/c17-15-3-4-16(13-5-6-18-9-14(13)15)19-10-1-2-11(19)8-12(20)7-10/h3-6,9-12,20H,1-2,7-8,17H2. The van der Waals surface area contributed by atoms with E-state index in [1.165, 1.54) is 23.9 Å².